The van der Waals surface area contributed by atoms with Crippen LogP contribution >= 0.6 is 11.6 Å². The van der Waals surface area contributed by atoms with Crippen LogP contribution in [-0.2, 0) is 11.3 Å². The van der Waals surface area contributed by atoms with Crippen LogP contribution in [0, 0.1) is 0 Å². The summed E-state index contributed by atoms with van der Waals surface area (Å²) >= 11 is 5.89. The fourth-order valence-electron chi connectivity index (χ4n) is 2.23. The molecule has 2 aromatic rings. The van der Waals surface area contributed by atoms with Crippen molar-refractivity contribution in [2.45, 2.75) is 26.4 Å². The zero-order valence-electron chi connectivity index (χ0n) is 12.7. The Labute approximate surface area is 130 Å². The molecule has 0 amide bonds. The van der Waals surface area contributed by atoms with Crippen LogP contribution < -0.4 is 0 Å². The SMILES string of the molecule is CCN(Cc1ncc(-c2ccc(Cl)cc2)o1)C(C)COC. The number of hydrogen-bond acceptors (Lipinski definition) is 4. The van der Waals surface area contributed by atoms with Crippen molar-refractivity contribution in [3.8, 4) is 11.3 Å². The molecule has 0 aliphatic carbocycles. The number of oxazole rings is 1. The number of likely N-dealkylation sites (N-methyl/N-ethyl adjacent to an activating group) is 1. The second-order valence-electron chi connectivity index (χ2n) is 4.99. The zero-order chi connectivity index (χ0) is 15.2. The van der Waals surface area contributed by atoms with Gasteiger partial charge in [-0.1, -0.05) is 18.5 Å². The monoisotopic (exact) mass is 308 g/mol. The van der Waals surface area contributed by atoms with Crippen LogP contribution in [0.5, 0.6) is 0 Å². The lowest BCUT2D eigenvalue weighted by molar-refractivity contribution is 0.0926. The molecule has 0 saturated heterocycles. The van der Waals surface area contributed by atoms with Gasteiger partial charge in [0, 0.05) is 23.7 Å². The van der Waals surface area contributed by atoms with E-state index in [0.29, 0.717) is 30.1 Å². The van der Waals surface area contributed by atoms with E-state index in [9.17, 15) is 0 Å². The topological polar surface area (TPSA) is 38.5 Å². The summed E-state index contributed by atoms with van der Waals surface area (Å²) in [5, 5.41) is 0.712. The molecule has 0 bridgehead atoms. The molecule has 1 atom stereocenters. The third-order valence-electron chi connectivity index (χ3n) is 3.46. The predicted molar refractivity (Wildman–Crippen MR) is 84.4 cm³/mol. The van der Waals surface area contributed by atoms with E-state index < -0.39 is 0 Å². The molecule has 1 aromatic carbocycles. The Hall–Kier alpha value is -1.36. The Balaban J connectivity index is 2.07. The minimum absolute atomic E-state index is 0.325. The van der Waals surface area contributed by atoms with Gasteiger partial charge in [0.15, 0.2) is 5.76 Å². The van der Waals surface area contributed by atoms with Crippen LogP contribution in [0.15, 0.2) is 34.9 Å². The summed E-state index contributed by atoms with van der Waals surface area (Å²) in [6.07, 6.45) is 1.76. The van der Waals surface area contributed by atoms with Gasteiger partial charge in [0.2, 0.25) is 5.89 Å². The van der Waals surface area contributed by atoms with E-state index >= 15 is 0 Å². The molecule has 0 N–H and O–H groups in total. The average molecular weight is 309 g/mol. The third-order valence-corrected chi connectivity index (χ3v) is 3.71. The van der Waals surface area contributed by atoms with Crippen LogP contribution in [0.4, 0.5) is 0 Å². The summed E-state index contributed by atoms with van der Waals surface area (Å²) in [5.41, 5.74) is 0.978. The molecule has 21 heavy (non-hydrogen) atoms. The van der Waals surface area contributed by atoms with Crippen molar-refractivity contribution in [3.63, 3.8) is 0 Å². The number of benzene rings is 1. The van der Waals surface area contributed by atoms with Crippen molar-refractivity contribution >= 4 is 11.6 Å². The van der Waals surface area contributed by atoms with E-state index in [4.69, 9.17) is 20.8 Å². The Morgan fingerprint density at radius 3 is 2.67 bits per heavy atom. The molecular formula is C16H21ClN2O2. The van der Waals surface area contributed by atoms with Crippen LogP contribution in [0.1, 0.15) is 19.7 Å². The first-order valence-corrected chi connectivity index (χ1v) is 7.45. The van der Waals surface area contributed by atoms with Crippen LogP contribution in [0.3, 0.4) is 0 Å². The van der Waals surface area contributed by atoms with E-state index in [1.807, 2.05) is 24.3 Å². The van der Waals surface area contributed by atoms with Gasteiger partial charge in [0.05, 0.1) is 19.3 Å². The minimum Gasteiger partial charge on any atom is -0.439 e. The highest BCUT2D eigenvalue weighted by atomic mass is 35.5. The minimum atomic E-state index is 0.325. The maximum atomic E-state index is 5.89. The van der Waals surface area contributed by atoms with E-state index in [-0.39, 0.29) is 0 Å². The molecular weight excluding hydrogens is 288 g/mol. The molecule has 0 saturated carbocycles. The number of aromatic nitrogens is 1. The summed E-state index contributed by atoms with van der Waals surface area (Å²) in [7, 11) is 1.72. The van der Waals surface area contributed by atoms with Gasteiger partial charge >= 0.3 is 0 Å². The molecule has 4 nitrogen and oxygen atoms in total. The molecule has 5 heteroatoms. The van der Waals surface area contributed by atoms with Gasteiger partial charge in [-0.3, -0.25) is 4.90 Å². The van der Waals surface area contributed by atoms with Crippen molar-refractivity contribution in [2.75, 3.05) is 20.3 Å². The summed E-state index contributed by atoms with van der Waals surface area (Å²) in [6.45, 7) is 6.54. The normalized spacial score (nSPS) is 12.8. The van der Waals surface area contributed by atoms with Crippen LogP contribution in [0.2, 0.25) is 5.02 Å². The summed E-state index contributed by atoms with van der Waals surface area (Å²) in [6, 6.07) is 7.87. The number of methoxy groups -OCH3 is 1. The fourth-order valence-corrected chi connectivity index (χ4v) is 2.36. The summed E-state index contributed by atoms with van der Waals surface area (Å²) in [5.74, 6) is 1.47. The van der Waals surface area contributed by atoms with Gasteiger partial charge in [-0.15, -0.1) is 0 Å². The third kappa shape index (κ3) is 4.30. The van der Waals surface area contributed by atoms with Crippen molar-refractivity contribution in [1.82, 2.24) is 9.88 Å². The lowest BCUT2D eigenvalue weighted by Crippen LogP contribution is -2.35. The molecule has 0 aliphatic rings. The van der Waals surface area contributed by atoms with Gasteiger partial charge in [-0.25, -0.2) is 4.98 Å². The van der Waals surface area contributed by atoms with Crippen molar-refractivity contribution in [2.24, 2.45) is 0 Å². The molecule has 114 valence electrons. The molecule has 0 aliphatic heterocycles. The number of ether oxygens (including phenoxy) is 1. The molecule has 1 aromatic heterocycles. The lowest BCUT2D eigenvalue weighted by Gasteiger charge is -2.25. The zero-order valence-corrected chi connectivity index (χ0v) is 13.4. The maximum Gasteiger partial charge on any atom is 0.209 e. The van der Waals surface area contributed by atoms with Crippen molar-refractivity contribution in [3.05, 3.63) is 41.4 Å². The Morgan fingerprint density at radius 2 is 2.05 bits per heavy atom. The molecule has 0 spiro atoms. The molecule has 2 rings (SSSR count). The Kier molecular flexibility index (Phi) is 5.79. The lowest BCUT2D eigenvalue weighted by atomic mass is 10.2. The number of halogens is 1. The van der Waals surface area contributed by atoms with E-state index in [1.165, 1.54) is 0 Å². The van der Waals surface area contributed by atoms with Gasteiger partial charge in [-0.2, -0.15) is 0 Å². The van der Waals surface area contributed by atoms with Crippen LogP contribution in [-0.4, -0.2) is 36.2 Å². The first-order valence-electron chi connectivity index (χ1n) is 7.07. The van der Waals surface area contributed by atoms with E-state index in [1.54, 1.807) is 13.3 Å². The highest BCUT2D eigenvalue weighted by molar-refractivity contribution is 6.30. The first-order chi connectivity index (χ1) is 10.1. The molecule has 1 heterocycles. The fraction of sp³-hybridized carbons (Fsp3) is 0.438. The summed E-state index contributed by atoms with van der Waals surface area (Å²) in [4.78, 5) is 6.63. The smallest absolute Gasteiger partial charge is 0.209 e. The highest BCUT2D eigenvalue weighted by Gasteiger charge is 2.15. The Morgan fingerprint density at radius 1 is 1.33 bits per heavy atom. The first kappa shape index (κ1) is 16.0. The second-order valence-corrected chi connectivity index (χ2v) is 5.43. The highest BCUT2D eigenvalue weighted by Crippen LogP contribution is 2.23. The number of nitrogens with zero attached hydrogens (tertiary/aromatic N) is 2. The van der Waals surface area contributed by atoms with Gasteiger partial charge in [0.1, 0.15) is 0 Å². The van der Waals surface area contributed by atoms with Gasteiger partial charge in [0.25, 0.3) is 0 Å². The second kappa shape index (κ2) is 7.59. The average Bonchev–Trinajstić information content (AvgIpc) is 2.94. The standard InChI is InChI=1S/C16H21ClN2O2/c1-4-19(12(2)11-20-3)10-16-18-9-15(21-16)13-5-7-14(17)8-6-13/h5-9,12H,4,10-11H2,1-3H3. The van der Waals surface area contributed by atoms with Crippen molar-refractivity contribution < 1.29 is 9.15 Å². The van der Waals surface area contributed by atoms with Gasteiger partial charge in [-0.05, 0) is 37.7 Å². The number of hydrogen-bond donors (Lipinski definition) is 0. The largest absolute Gasteiger partial charge is 0.439 e. The molecule has 0 radical (unpaired) electrons. The van der Waals surface area contributed by atoms with Crippen LogP contribution in [0.25, 0.3) is 11.3 Å². The molecule has 1 unspecified atom stereocenters. The quantitative estimate of drug-likeness (QED) is 0.778. The predicted octanol–water partition coefficient (Wildman–Crippen LogP) is 3.85. The maximum absolute atomic E-state index is 5.89. The Bertz CT molecular complexity index is 554. The molecule has 0 fully saturated rings. The number of rotatable bonds is 7. The van der Waals surface area contributed by atoms with E-state index in [2.05, 4.69) is 23.7 Å². The van der Waals surface area contributed by atoms with Crippen molar-refractivity contribution in [1.29, 1.82) is 0 Å². The summed E-state index contributed by atoms with van der Waals surface area (Å²) < 4.78 is 11.0. The van der Waals surface area contributed by atoms with E-state index in [0.717, 1.165) is 17.9 Å². The van der Waals surface area contributed by atoms with Gasteiger partial charge < -0.3 is 9.15 Å².